The molecule has 3 rings (SSSR count). The van der Waals surface area contributed by atoms with Gasteiger partial charge >= 0.3 is 35.9 Å². The van der Waals surface area contributed by atoms with E-state index in [9.17, 15) is 68.4 Å². The van der Waals surface area contributed by atoms with Gasteiger partial charge in [0, 0.05) is 32.0 Å². The van der Waals surface area contributed by atoms with Crippen LogP contribution in [0.1, 0.15) is 60.9 Å². The Labute approximate surface area is 382 Å². The molecule has 0 saturated carbocycles. The smallest absolute Gasteiger partial charge is 0.336 e. The fraction of sp³-hybridized carbons (Fsp3) is 0.350. The summed E-state index contributed by atoms with van der Waals surface area (Å²) < 4.78 is 1.42. The van der Waals surface area contributed by atoms with E-state index in [-0.39, 0.29) is 43.6 Å². The number of carbonyl (C=O) groups is 10. The molecule has 6 amide bonds. The number of benzene rings is 2. The second kappa shape index (κ2) is 26.2. The highest BCUT2D eigenvalue weighted by Gasteiger charge is 2.34. The minimum Gasteiger partial charge on any atom is -0.481 e. The summed E-state index contributed by atoms with van der Waals surface area (Å²) >= 11 is 1.86. The van der Waals surface area contributed by atoms with Gasteiger partial charge in [0.1, 0.15) is 30.0 Å². The first-order valence-corrected chi connectivity index (χ1v) is 20.8. The number of urea groups is 1. The lowest BCUT2D eigenvalue weighted by atomic mass is 10.0. The molecule has 65 heavy (non-hydrogen) atoms. The van der Waals surface area contributed by atoms with Crippen molar-refractivity contribution in [3.05, 3.63) is 71.9 Å². The average molecular weight is 1020 g/mol. The number of hydrazone groups is 1. The van der Waals surface area contributed by atoms with Crippen molar-refractivity contribution in [2.24, 2.45) is 5.10 Å². The fourth-order valence-electron chi connectivity index (χ4n) is 5.96. The largest absolute Gasteiger partial charge is 0.481 e. The van der Waals surface area contributed by atoms with Crippen LogP contribution in [0.4, 0.5) is 10.6 Å². The fourth-order valence-corrected chi connectivity index (χ4v) is 6.10. The Morgan fingerprint density at radius 1 is 0.631 bits per heavy atom. The molecule has 0 aliphatic carbocycles. The maximum Gasteiger partial charge on any atom is 0.336 e. The Bertz CT molecular complexity index is 2260. The molecular formula is C40H46IN9O15. The Morgan fingerprint density at radius 2 is 1.26 bits per heavy atom. The summed E-state index contributed by atoms with van der Waals surface area (Å²) in [5, 5.41) is 65.9. The maximum absolute atomic E-state index is 13.6. The van der Waals surface area contributed by atoms with Crippen LogP contribution < -0.4 is 37.3 Å². The molecule has 1 heterocycles. The number of carboxylic acids is 5. The standard InChI is InChI=1S/C40H46IN9O15/c41-20-44-50-29-13-10-24(19-43-29)33(55)45-25(11-14-30(51)52)35(57)49-32(39(63)64)36(58)46-28(18-21-8-9-22-5-1-2-6-23(22)17-21)34(56)42-16-4-3-7-26(37(59)60)47-40(65)48-27(38(61)62)12-15-31(53)54/h1-2,5-6,8-10,13,17,19-20,25-28,32H,3-4,7,11-12,14-16,18H2,(H,42,56)(H,43,50)(H,45,55)(H,46,58)(H,49,57)(H,51,52)(H,53,54)(H,59,60)(H,61,62)(H,63,64)(H2,47,48,65)/b44-20+. The van der Waals surface area contributed by atoms with E-state index >= 15 is 0 Å². The van der Waals surface area contributed by atoms with Gasteiger partial charge in [-0.25, -0.2) is 24.2 Å². The number of aliphatic carboxylic acids is 5. The number of rotatable bonds is 27. The second-order valence-electron chi connectivity index (χ2n) is 14.1. The molecule has 3 aromatic rings. The number of hydrogen-bond acceptors (Lipinski definition) is 13. The van der Waals surface area contributed by atoms with E-state index < -0.39 is 115 Å². The van der Waals surface area contributed by atoms with Crippen molar-refractivity contribution in [2.45, 2.75) is 81.6 Å². The summed E-state index contributed by atoms with van der Waals surface area (Å²) in [6.07, 6.45) is -1.21. The molecule has 25 heteroatoms. The zero-order valence-corrected chi connectivity index (χ0v) is 36.4. The maximum atomic E-state index is 13.6. The van der Waals surface area contributed by atoms with Crippen LogP contribution in [0, 0.1) is 0 Å². The molecule has 348 valence electrons. The molecule has 5 atom stereocenters. The number of hydrogen-bond donors (Lipinski definition) is 12. The number of aromatic nitrogens is 1. The molecule has 24 nitrogen and oxygen atoms in total. The Morgan fingerprint density at radius 3 is 1.85 bits per heavy atom. The first-order valence-electron chi connectivity index (χ1n) is 19.6. The molecule has 0 bridgehead atoms. The molecule has 0 saturated heterocycles. The topological polar surface area (TPSA) is 381 Å². The van der Waals surface area contributed by atoms with Gasteiger partial charge < -0.3 is 57.4 Å². The van der Waals surface area contributed by atoms with E-state index in [1.807, 2.05) is 45.4 Å². The van der Waals surface area contributed by atoms with Crippen molar-refractivity contribution in [3.63, 3.8) is 0 Å². The average Bonchev–Trinajstić information content (AvgIpc) is 3.26. The van der Waals surface area contributed by atoms with Gasteiger partial charge in [-0.1, -0.05) is 42.5 Å². The summed E-state index contributed by atoms with van der Waals surface area (Å²) in [5.41, 5.74) is 3.07. The van der Waals surface area contributed by atoms with E-state index in [2.05, 4.69) is 36.8 Å². The SMILES string of the molecule is O=C(O)CCC(NC(=O)NC(CCCCNC(=O)C(Cc1ccc2ccccc2c1)NC(=O)C(NC(=O)C(CCC(=O)O)NC(=O)c1ccc(N/N=C/I)nc1)C(=O)O)C(=O)O)C(=O)O. The molecule has 5 unspecified atom stereocenters. The molecule has 12 N–H and O–H groups in total. The van der Waals surface area contributed by atoms with Gasteiger partial charge in [-0.2, -0.15) is 5.10 Å². The van der Waals surface area contributed by atoms with Crippen LogP contribution >= 0.6 is 22.6 Å². The number of fused-ring (bicyclic) bond motifs is 1. The molecule has 0 radical (unpaired) electrons. The third kappa shape index (κ3) is 18.1. The van der Waals surface area contributed by atoms with E-state index in [0.717, 1.165) is 17.0 Å². The summed E-state index contributed by atoms with van der Waals surface area (Å²) in [6.45, 7) is -0.108. The van der Waals surface area contributed by atoms with E-state index in [0.29, 0.717) is 5.56 Å². The number of carboxylic acid groups (broad SMARTS) is 5. The zero-order valence-electron chi connectivity index (χ0n) is 34.2. The van der Waals surface area contributed by atoms with Crippen LogP contribution in [-0.2, 0) is 44.8 Å². The highest BCUT2D eigenvalue weighted by molar-refractivity contribution is 14.1. The number of nitrogens with one attached hydrogen (secondary N) is 7. The van der Waals surface area contributed by atoms with E-state index in [1.165, 1.54) is 16.4 Å². The molecule has 0 spiro atoms. The third-order valence-corrected chi connectivity index (χ3v) is 9.56. The van der Waals surface area contributed by atoms with Gasteiger partial charge in [-0.15, -0.1) is 0 Å². The van der Waals surface area contributed by atoms with Crippen LogP contribution in [0.5, 0.6) is 0 Å². The first-order chi connectivity index (χ1) is 30.9. The molecular weight excluding hydrogens is 973 g/mol. The van der Waals surface area contributed by atoms with Gasteiger partial charge in [-0.3, -0.25) is 34.2 Å². The summed E-state index contributed by atoms with van der Waals surface area (Å²) in [4.78, 5) is 128. The molecule has 2 aromatic carbocycles. The predicted molar refractivity (Wildman–Crippen MR) is 236 cm³/mol. The first kappa shape index (κ1) is 51.9. The molecule has 0 fully saturated rings. The van der Waals surface area contributed by atoms with Crippen molar-refractivity contribution in [1.29, 1.82) is 0 Å². The molecule has 0 aliphatic heterocycles. The van der Waals surface area contributed by atoms with Crippen LogP contribution in [0.25, 0.3) is 10.8 Å². The van der Waals surface area contributed by atoms with Gasteiger partial charge in [0.15, 0.2) is 0 Å². The van der Waals surface area contributed by atoms with E-state index in [4.69, 9.17) is 5.11 Å². The highest BCUT2D eigenvalue weighted by Crippen LogP contribution is 2.17. The quantitative estimate of drug-likeness (QED) is 0.0164. The van der Waals surface area contributed by atoms with Crippen molar-refractivity contribution in [2.75, 3.05) is 12.0 Å². The Kier molecular flexibility index (Phi) is 21.0. The highest BCUT2D eigenvalue weighted by atomic mass is 127. The minimum atomic E-state index is -2.34. The summed E-state index contributed by atoms with van der Waals surface area (Å²) in [5.74, 6) is -11.5. The molecule has 0 aliphatic rings. The number of carbonyl (C=O) groups excluding carboxylic acids is 5. The number of amides is 6. The van der Waals surface area contributed by atoms with Gasteiger partial charge in [0.2, 0.25) is 17.9 Å². The van der Waals surface area contributed by atoms with E-state index in [1.54, 1.807) is 30.3 Å². The predicted octanol–water partition coefficient (Wildman–Crippen LogP) is 0.642. The van der Waals surface area contributed by atoms with Gasteiger partial charge in [0.05, 0.1) is 9.78 Å². The van der Waals surface area contributed by atoms with Crippen molar-refractivity contribution in [3.8, 4) is 0 Å². The number of anilines is 1. The number of nitrogens with zero attached hydrogens (tertiary/aromatic N) is 2. The molecule has 1 aromatic heterocycles. The third-order valence-electron chi connectivity index (χ3n) is 9.28. The van der Waals surface area contributed by atoms with Crippen molar-refractivity contribution >= 4 is 103 Å². The number of halogens is 1. The zero-order chi connectivity index (χ0) is 48.1. The van der Waals surface area contributed by atoms with Crippen molar-refractivity contribution < 1.29 is 73.5 Å². The van der Waals surface area contributed by atoms with Crippen LogP contribution in [0.3, 0.4) is 0 Å². The number of pyridine rings is 1. The second-order valence-corrected chi connectivity index (χ2v) is 14.6. The van der Waals surface area contributed by atoms with Gasteiger partial charge in [-0.05, 0) is 83.2 Å². The van der Waals surface area contributed by atoms with Crippen LogP contribution in [0.2, 0.25) is 0 Å². The summed E-state index contributed by atoms with van der Waals surface area (Å²) in [6, 6.07) is 5.43. The summed E-state index contributed by atoms with van der Waals surface area (Å²) in [7, 11) is 0. The Hall–Kier alpha value is -7.45. The monoisotopic (exact) mass is 1020 g/mol. The normalized spacial score (nSPS) is 13.2. The lowest BCUT2D eigenvalue weighted by Crippen LogP contribution is -2.59. The van der Waals surface area contributed by atoms with Crippen molar-refractivity contribution in [1.82, 2.24) is 36.9 Å². The minimum absolute atomic E-state index is 0.0552. The lowest BCUT2D eigenvalue weighted by Gasteiger charge is -2.23. The van der Waals surface area contributed by atoms with Gasteiger partial charge in [0.25, 0.3) is 11.8 Å². The number of unbranched alkanes of at least 4 members (excludes halogenated alkanes) is 1. The lowest BCUT2D eigenvalue weighted by molar-refractivity contribution is -0.148. The van der Waals surface area contributed by atoms with Crippen LogP contribution in [0.15, 0.2) is 65.9 Å². The van der Waals surface area contributed by atoms with Crippen LogP contribution in [-0.4, -0.2) is 131 Å². The Balaban J connectivity index is 1.73.